The minimum atomic E-state index is -0.0199. The van der Waals surface area contributed by atoms with Gasteiger partial charge in [0.1, 0.15) is 0 Å². The average Bonchev–Trinajstić information content (AvgIpc) is 2.94. The van der Waals surface area contributed by atoms with E-state index in [1.54, 1.807) is 7.11 Å². The van der Waals surface area contributed by atoms with Crippen LogP contribution >= 0.6 is 12.4 Å². The lowest BCUT2D eigenvalue weighted by Crippen LogP contribution is -2.53. The molecule has 0 aromatic rings. The van der Waals surface area contributed by atoms with Gasteiger partial charge >= 0.3 is 0 Å². The van der Waals surface area contributed by atoms with Crippen LogP contribution in [0.3, 0.4) is 0 Å². The molecule has 1 unspecified atom stereocenters. The first-order chi connectivity index (χ1) is 7.74. The summed E-state index contributed by atoms with van der Waals surface area (Å²) in [5.41, 5.74) is -0.0199. The highest BCUT2D eigenvalue weighted by molar-refractivity contribution is 5.85. The molecule has 2 N–H and O–H groups in total. The van der Waals surface area contributed by atoms with E-state index in [0.29, 0.717) is 25.5 Å². The predicted octanol–water partition coefficient (Wildman–Crippen LogP) is 1.09. The minimum absolute atomic E-state index is 0. The maximum absolute atomic E-state index is 11.6. The molecule has 100 valence electrons. The van der Waals surface area contributed by atoms with Crippen molar-refractivity contribution >= 4 is 18.3 Å². The molecule has 2 rings (SSSR count). The molecule has 0 aromatic heterocycles. The lowest BCUT2D eigenvalue weighted by atomic mass is 9.98. The number of methoxy groups -OCH3 is 1. The third-order valence-corrected chi connectivity index (χ3v) is 3.55. The van der Waals surface area contributed by atoms with Crippen LogP contribution in [-0.2, 0) is 9.53 Å². The topological polar surface area (TPSA) is 50.4 Å². The molecule has 1 aliphatic carbocycles. The van der Waals surface area contributed by atoms with Gasteiger partial charge in [0, 0.05) is 20.1 Å². The summed E-state index contributed by atoms with van der Waals surface area (Å²) >= 11 is 0. The third kappa shape index (κ3) is 4.45. The van der Waals surface area contributed by atoms with E-state index in [1.165, 1.54) is 19.3 Å². The molecule has 1 saturated heterocycles. The van der Waals surface area contributed by atoms with Crippen molar-refractivity contribution in [1.29, 1.82) is 0 Å². The number of hydrogen-bond acceptors (Lipinski definition) is 3. The summed E-state index contributed by atoms with van der Waals surface area (Å²) < 4.78 is 5.24. The molecule has 1 amide bonds. The molecule has 0 radical (unpaired) electrons. The van der Waals surface area contributed by atoms with Gasteiger partial charge in [-0.2, -0.15) is 0 Å². The first kappa shape index (κ1) is 14.7. The quantitative estimate of drug-likeness (QED) is 0.754. The van der Waals surface area contributed by atoms with Crippen LogP contribution in [0.15, 0.2) is 0 Å². The number of carbonyl (C=O) groups excluding carboxylic acids is 1. The van der Waals surface area contributed by atoms with Crippen molar-refractivity contribution in [3.05, 3.63) is 0 Å². The van der Waals surface area contributed by atoms with Crippen molar-refractivity contribution < 1.29 is 9.53 Å². The Hall–Kier alpha value is -0.320. The van der Waals surface area contributed by atoms with E-state index in [1.807, 2.05) is 0 Å². The van der Waals surface area contributed by atoms with Gasteiger partial charge in [0.15, 0.2) is 0 Å². The number of hydrogen-bond donors (Lipinski definition) is 2. The summed E-state index contributed by atoms with van der Waals surface area (Å²) in [6, 6.07) is 0. The highest BCUT2D eigenvalue weighted by Gasteiger charge is 2.34. The largest absolute Gasteiger partial charge is 0.383 e. The van der Waals surface area contributed by atoms with Gasteiger partial charge in [0.25, 0.3) is 0 Å². The minimum Gasteiger partial charge on any atom is -0.383 e. The van der Waals surface area contributed by atoms with Gasteiger partial charge in [0.2, 0.25) is 5.91 Å². The summed E-state index contributed by atoms with van der Waals surface area (Å²) in [5, 5.41) is 6.50. The molecule has 0 spiro atoms. The molecule has 17 heavy (non-hydrogen) atoms. The lowest BCUT2D eigenvalue weighted by molar-refractivity contribution is -0.121. The first-order valence-electron chi connectivity index (χ1n) is 6.25. The smallest absolute Gasteiger partial charge is 0.220 e. The Morgan fingerprint density at radius 2 is 2.29 bits per heavy atom. The Morgan fingerprint density at radius 3 is 2.82 bits per heavy atom. The van der Waals surface area contributed by atoms with Crippen molar-refractivity contribution in [1.82, 2.24) is 10.6 Å². The molecular weight excluding hydrogens is 240 g/mol. The summed E-state index contributed by atoms with van der Waals surface area (Å²) in [7, 11) is 1.72. The van der Waals surface area contributed by atoms with E-state index in [0.717, 1.165) is 13.0 Å². The molecule has 1 heterocycles. The van der Waals surface area contributed by atoms with Gasteiger partial charge in [-0.25, -0.2) is 0 Å². The van der Waals surface area contributed by atoms with E-state index in [4.69, 9.17) is 4.74 Å². The summed E-state index contributed by atoms with van der Waals surface area (Å²) in [5.74, 6) is 0.863. The van der Waals surface area contributed by atoms with Crippen LogP contribution in [0.4, 0.5) is 0 Å². The SMILES string of the molecule is COCC1(CNC(=O)CC2CC2)CCCN1.Cl. The Balaban J connectivity index is 0.00000144. The van der Waals surface area contributed by atoms with Crippen LogP contribution in [0.2, 0.25) is 0 Å². The van der Waals surface area contributed by atoms with Crippen molar-refractivity contribution in [3.63, 3.8) is 0 Å². The Bertz CT molecular complexity index is 251. The zero-order chi connectivity index (χ0) is 11.4. The van der Waals surface area contributed by atoms with Gasteiger partial charge in [-0.3, -0.25) is 4.79 Å². The molecule has 1 saturated carbocycles. The fraction of sp³-hybridized carbons (Fsp3) is 0.917. The summed E-state index contributed by atoms with van der Waals surface area (Å²) in [4.78, 5) is 11.6. The molecule has 2 fully saturated rings. The van der Waals surface area contributed by atoms with Crippen molar-refractivity contribution in [2.75, 3.05) is 26.8 Å². The number of carbonyl (C=O) groups is 1. The second kappa shape index (κ2) is 6.57. The molecular formula is C12H23ClN2O2. The van der Waals surface area contributed by atoms with Gasteiger partial charge in [-0.15, -0.1) is 12.4 Å². The zero-order valence-electron chi connectivity index (χ0n) is 10.5. The fourth-order valence-electron chi connectivity index (χ4n) is 2.39. The predicted molar refractivity (Wildman–Crippen MR) is 69.4 cm³/mol. The van der Waals surface area contributed by atoms with Crippen LogP contribution in [-0.4, -0.2) is 38.3 Å². The number of ether oxygens (including phenoxy) is 1. The van der Waals surface area contributed by atoms with Crippen LogP contribution in [0.1, 0.15) is 32.1 Å². The van der Waals surface area contributed by atoms with Crippen LogP contribution < -0.4 is 10.6 Å². The Kier molecular flexibility index (Phi) is 5.70. The van der Waals surface area contributed by atoms with Gasteiger partial charge < -0.3 is 15.4 Å². The highest BCUT2D eigenvalue weighted by Crippen LogP contribution is 2.32. The zero-order valence-corrected chi connectivity index (χ0v) is 11.3. The van der Waals surface area contributed by atoms with Crippen LogP contribution in [0.25, 0.3) is 0 Å². The Morgan fingerprint density at radius 1 is 1.53 bits per heavy atom. The summed E-state index contributed by atoms with van der Waals surface area (Å²) in [6.07, 6.45) is 5.43. The summed E-state index contributed by atoms with van der Waals surface area (Å²) in [6.45, 7) is 2.41. The van der Waals surface area contributed by atoms with Gasteiger partial charge in [-0.1, -0.05) is 0 Å². The van der Waals surface area contributed by atoms with E-state index < -0.39 is 0 Å². The van der Waals surface area contributed by atoms with Gasteiger partial charge in [-0.05, 0) is 38.1 Å². The second-order valence-electron chi connectivity index (χ2n) is 5.17. The lowest BCUT2D eigenvalue weighted by Gasteiger charge is -2.28. The molecule has 0 bridgehead atoms. The van der Waals surface area contributed by atoms with Gasteiger partial charge in [0.05, 0.1) is 12.1 Å². The number of amides is 1. The highest BCUT2D eigenvalue weighted by atomic mass is 35.5. The monoisotopic (exact) mass is 262 g/mol. The molecule has 0 aromatic carbocycles. The maximum Gasteiger partial charge on any atom is 0.220 e. The first-order valence-corrected chi connectivity index (χ1v) is 6.25. The van der Waals surface area contributed by atoms with Crippen molar-refractivity contribution in [3.8, 4) is 0 Å². The van der Waals surface area contributed by atoms with Crippen LogP contribution in [0.5, 0.6) is 0 Å². The Labute approximate surface area is 109 Å². The van der Waals surface area contributed by atoms with Crippen molar-refractivity contribution in [2.45, 2.75) is 37.6 Å². The molecule has 2 aliphatic rings. The average molecular weight is 263 g/mol. The molecule has 4 nitrogen and oxygen atoms in total. The van der Waals surface area contributed by atoms with Crippen LogP contribution in [0, 0.1) is 5.92 Å². The normalized spacial score (nSPS) is 27.6. The van der Waals surface area contributed by atoms with E-state index in [9.17, 15) is 4.79 Å². The number of rotatable bonds is 6. The maximum atomic E-state index is 11.6. The molecule has 1 atom stereocenters. The number of halogens is 1. The fourth-order valence-corrected chi connectivity index (χ4v) is 2.39. The van der Waals surface area contributed by atoms with Crippen molar-refractivity contribution in [2.24, 2.45) is 5.92 Å². The van der Waals surface area contributed by atoms with E-state index >= 15 is 0 Å². The van der Waals surface area contributed by atoms with E-state index in [2.05, 4.69) is 10.6 Å². The second-order valence-corrected chi connectivity index (χ2v) is 5.17. The standard InChI is InChI=1S/C12H22N2O2.ClH/c1-16-9-12(5-2-6-14-12)8-13-11(15)7-10-3-4-10;/h10,14H,2-9H2,1H3,(H,13,15);1H. The number of nitrogens with one attached hydrogen (secondary N) is 2. The van der Waals surface area contributed by atoms with E-state index in [-0.39, 0.29) is 23.9 Å². The molecule has 1 aliphatic heterocycles. The third-order valence-electron chi connectivity index (χ3n) is 3.55. The molecule has 5 heteroatoms.